The second-order valence-corrected chi connectivity index (χ2v) is 5.36. The van der Waals surface area contributed by atoms with E-state index in [0.717, 1.165) is 6.42 Å². The number of aliphatic imine (C=N–C) groups is 1. The van der Waals surface area contributed by atoms with E-state index in [0.29, 0.717) is 11.4 Å². The molecule has 0 aliphatic carbocycles. The van der Waals surface area contributed by atoms with E-state index < -0.39 is 0 Å². The van der Waals surface area contributed by atoms with Crippen molar-refractivity contribution in [2.45, 2.75) is 46.6 Å². The van der Waals surface area contributed by atoms with Gasteiger partial charge in [0.05, 0.1) is 0 Å². The van der Waals surface area contributed by atoms with Crippen molar-refractivity contribution in [1.82, 2.24) is 5.32 Å². The van der Waals surface area contributed by atoms with Crippen LogP contribution in [-0.4, -0.2) is 18.5 Å². The van der Waals surface area contributed by atoms with Crippen molar-refractivity contribution < 1.29 is 0 Å². The first kappa shape index (κ1) is 12.3. The monoisotopic (exact) mass is 185 g/mol. The van der Waals surface area contributed by atoms with E-state index in [1.165, 1.54) is 0 Å². The van der Waals surface area contributed by atoms with Crippen LogP contribution in [0.25, 0.3) is 0 Å². The minimum Gasteiger partial charge on any atom is -0.370 e. The quantitative estimate of drug-likeness (QED) is 0.508. The lowest BCUT2D eigenvalue weighted by Crippen LogP contribution is -2.48. The van der Waals surface area contributed by atoms with Gasteiger partial charge >= 0.3 is 0 Å². The molecule has 3 nitrogen and oxygen atoms in total. The van der Waals surface area contributed by atoms with Crippen LogP contribution in [0.5, 0.6) is 0 Å². The Morgan fingerprint density at radius 3 is 2.00 bits per heavy atom. The molecule has 0 rings (SSSR count). The van der Waals surface area contributed by atoms with E-state index in [1.807, 2.05) is 0 Å². The van der Waals surface area contributed by atoms with Gasteiger partial charge in [0.2, 0.25) is 0 Å². The molecule has 0 aromatic rings. The van der Waals surface area contributed by atoms with Crippen LogP contribution in [0.1, 0.15) is 41.0 Å². The molecule has 0 atom stereocenters. The average molecular weight is 185 g/mol. The first-order chi connectivity index (χ1) is 5.66. The lowest BCUT2D eigenvalue weighted by Gasteiger charge is -2.33. The summed E-state index contributed by atoms with van der Waals surface area (Å²) in [5.41, 5.74) is 5.91. The predicted octanol–water partition coefficient (Wildman–Crippen LogP) is 1.74. The van der Waals surface area contributed by atoms with Crippen molar-refractivity contribution in [1.29, 1.82) is 0 Å². The van der Waals surface area contributed by atoms with Crippen LogP contribution in [-0.2, 0) is 0 Å². The molecule has 78 valence electrons. The van der Waals surface area contributed by atoms with E-state index in [9.17, 15) is 0 Å². The third-order valence-electron chi connectivity index (χ3n) is 1.68. The number of nitrogens with zero attached hydrogens (tertiary/aromatic N) is 1. The summed E-state index contributed by atoms with van der Waals surface area (Å²) in [6.07, 6.45) is 1.05. The van der Waals surface area contributed by atoms with Gasteiger partial charge in [0.15, 0.2) is 5.96 Å². The molecule has 0 saturated heterocycles. The van der Waals surface area contributed by atoms with Gasteiger partial charge in [0, 0.05) is 12.6 Å². The van der Waals surface area contributed by atoms with Crippen molar-refractivity contribution in [2.24, 2.45) is 16.1 Å². The summed E-state index contributed by atoms with van der Waals surface area (Å²) >= 11 is 0. The number of rotatable bonds is 2. The first-order valence-corrected chi connectivity index (χ1v) is 4.67. The van der Waals surface area contributed by atoms with Gasteiger partial charge < -0.3 is 11.1 Å². The lowest BCUT2D eigenvalue weighted by molar-refractivity contribution is 0.266. The van der Waals surface area contributed by atoms with Crippen molar-refractivity contribution in [3.63, 3.8) is 0 Å². The van der Waals surface area contributed by atoms with Gasteiger partial charge in [-0.2, -0.15) is 0 Å². The number of nitrogens with one attached hydrogen (secondary N) is 1. The second-order valence-electron chi connectivity index (χ2n) is 5.36. The second kappa shape index (κ2) is 3.99. The normalized spacial score (nSPS) is 14.5. The molecule has 0 aliphatic heterocycles. The number of hydrogen-bond donors (Lipinski definition) is 2. The summed E-state index contributed by atoms with van der Waals surface area (Å²) in [5, 5.41) is 3.19. The van der Waals surface area contributed by atoms with E-state index in [4.69, 9.17) is 5.73 Å². The number of guanidine groups is 1. The highest BCUT2D eigenvalue weighted by atomic mass is 15.1. The Labute approximate surface area is 81.8 Å². The Balaban J connectivity index is 4.25. The largest absolute Gasteiger partial charge is 0.370 e. The number of hydrogen-bond acceptors (Lipinski definition) is 1. The Bertz CT molecular complexity index is 187. The highest BCUT2D eigenvalue weighted by molar-refractivity contribution is 5.78. The molecule has 0 fully saturated rings. The molecular formula is C10H23N3. The van der Waals surface area contributed by atoms with Crippen molar-refractivity contribution in [3.05, 3.63) is 0 Å². The van der Waals surface area contributed by atoms with E-state index in [2.05, 4.69) is 44.9 Å². The molecule has 0 spiro atoms. The molecule has 0 aromatic heterocycles. The zero-order valence-electron chi connectivity index (χ0n) is 9.73. The molecule has 3 heteroatoms. The Hall–Kier alpha value is -0.730. The van der Waals surface area contributed by atoms with Crippen LogP contribution in [0, 0.1) is 5.41 Å². The topological polar surface area (TPSA) is 50.4 Å². The maximum atomic E-state index is 5.62. The number of nitrogens with two attached hydrogens (primary N) is 1. The molecule has 0 aromatic carbocycles. The molecule has 0 heterocycles. The van der Waals surface area contributed by atoms with Crippen LogP contribution in [0.2, 0.25) is 0 Å². The van der Waals surface area contributed by atoms with Crippen LogP contribution in [0.4, 0.5) is 0 Å². The summed E-state index contributed by atoms with van der Waals surface area (Å²) in [5.74, 6) is 0.509. The fraction of sp³-hybridized carbons (Fsp3) is 0.900. The summed E-state index contributed by atoms with van der Waals surface area (Å²) < 4.78 is 0. The van der Waals surface area contributed by atoms with Gasteiger partial charge in [0.25, 0.3) is 0 Å². The highest BCUT2D eigenvalue weighted by Gasteiger charge is 2.25. The maximum Gasteiger partial charge on any atom is 0.188 e. The Morgan fingerprint density at radius 1 is 1.23 bits per heavy atom. The third kappa shape index (κ3) is 6.43. The summed E-state index contributed by atoms with van der Waals surface area (Å²) in [6.45, 7) is 10.9. The summed E-state index contributed by atoms with van der Waals surface area (Å²) in [6, 6.07) is 0. The van der Waals surface area contributed by atoms with Crippen LogP contribution in [0.3, 0.4) is 0 Å². The van der Waals surface area contributed by atoms with Crippen molar-refractivity contribution in [3.8, 4) is 0 Å². The molecule has 13 heavy (non-hydrogen) atoms. The predicted molar refractivity (Wildman–Crippen MR) is 58.8 cm³/mol. The molecule has 0 saturated carbocycles. The van der Waals surface area contributed by atoms with Gasteiger partial charge in [0.1, 0.15) is 0 Å². The van der Waals surface area contributed by atoms with Crippen molar-refractivity contribution in [2.75, 3.05) is 7.05 Å². The molecule has 0 aliphatic rings. The fourth-order valence-corrected chi connectivity index (χ4v) is 1.77. The molecule has 0 amide bonds. The summed E-state index contributed by atoms with van der Waals surface area (Å²) in [7, 11) is 1.69. The lowest BCUT2D eigenvalue weighted by atomic mass is 9.82. The Morgan fingerprint density at radius 2 is 1.69 bits per heavy atom. The first-order valence-electron chi connectivity index (χ1n) is 4.67. The molecule has 3 N–H and O–H groups in total. The zero-order chi connectivity index (χ0) is 10.7. The van der Waals surface area contributed by atoms with Gasteiger partial charge in [-0.25, -0.2) is 0 Å². The highest BCUT2D eigenvalue weighted by Crippen LogP contribution is 2.26. The smallest absolute Gasteiger partial charge is 0.188 e. The third-order valence-corrected chi connectivity index (χ3v) is 1.68. The van der Waals surface area contributed by atoms with Crippen LogP contribution in [0.15, 0.2) is 4.99 Å². The minimum atomic E-state index is 0.00183. The Kier molecular flexibility index (Phi) is 3.76. The maximum absolute atomic E-state index is 5.62. The SMILES string of the molecule is CN=C(N)NC(C)(C)CC(C)(C)C. The zero-order valence-corrected chi connectivity index (χ0v) is 9.73. The molecular weight excluding hydrogens is 162 g/mol. The minimum absolute atomic E-state index is 0.00183. The van der Waals surface area contributed by atoms with Crippen LogP contribution >= 0.6 is 0 Å². The van der Waals surface area contributed by atoms with Gasteiger partial charge in [-0.3, -0.25) is 4.99 Å². The van der Waals surface area contributed by atoms with E-state index in [1.54, 1.807) is 7.05 Å². The standard InChI is InChI=1S/C10H23N3/c1-9(2,3)7-10(4,5)13-8(11)12-6/h7H2,1-6H3,(H3,11,12,13). The fourth-order valence-electron chi connectivity index (χ4n) is 1.77. The van der Waals surface area contributed by atoms with Crippen molar-refractivity contribution >= 4 is 5.96 Å². The summed E-state index contributed by atoms with van der Waals surface area (Å²) in [4.78, 5) is 3.89. The van der Waals surface area contributed by atoms with Gasteiger partial charge in [-0.05, 0) is 25.7 Å². The van der Waals surface area contributed by atoms with Gasteiger partial charge in [-0.1, -0.05) is 20.8 Å². The van der Waals surface area contributed by atoms with E-state index in [-0.39, 0.29) is 5.54 Å². The average Bonchev–Trinajstić information content (AvgIpc) is 1.80. The van der Waals surface area contributed by atoms with Gasteiger partial charge in [-0.15, -0.1) is 0 Å². The van der Waals surface area contributed by atoms with Crippen LogP contribution < -0.4 is 11.1 Å². The van der Waals surface area contributed by atoms with E-state index >= 15 is 0 Å². The molecule has 0 bridgehead atoms. The molecule has 0 radical (unpaired) electrons. The molecule has 0 unspecified atom stereocenters.